The van der Waals surface area contributed by atoms with Crippen LogP contribution >= 0.6 is 0 Å². The van der Waals surface area contributed by atoms with Crippen molar-refractivity contribution >= 4 is 23.5 Å². The topological polar surface area (TPSA) is 95.9 Å². The number of carboxylic acid groups (broad SMARTS) is 1. The number of carboxylic acids is 1. The molecule has 2 N–H and O–H groups in total. The van der Waals surface area contributed by atoms with Crippen LogP contribution in [0.2, 0.25) is 0 Å². The van der Waals surface area contributed by atoms with Gasteiger partial charge in [-0.3, -0.25) is 19.3 Å². The lowest BCUT2D eigenvalue weighted by Gasteiger charge is -2.34. The van der Waals surface area contributed by atoms with E-state index >= 15 is 0 Å². The largest absolute Gasteiger partial charge is 0.481 e. The van der Waals surface area contributed by atoms with Crippen molar-refractivity contribution in [2.75, 3.05) is 11.4 Å². The number of carbonyl (C=O) groups excluding carboxylic acids is 2. The number of carbonyl (C=O) groups is 3. The smallest absolute Gasteiger partial charge is 0.307 e. The van der Waals surface area contributed by atoms with Crippen LogP contribution < -0.4 is 15.0 Å². The first-order valence-electron chi connectivity index (χ1n) is 8.54. The van der Waals surface area contributed by atoms with Gasteiger partial charge in [0.25, 0.3) is 5.91 Å². The number of nitrogens with zero attached hydrogens (tertiary/aromatic N) is 1. The number of nitrogens with one attached hydrogen (secondary N) is 1. The Balaban J connectivity index is 1.80. The zero-order chi connectivity index (χ0) is 18.0. The fourth-order valence-electron chi connectivity index (χ4n) is 3.37. The van der Waals surface area contributed by atoms with Crippen molar-refractivity contribution in [3.63, 3.8) is 0 Å². The molecule has 1 atom stereocenters. The summed E-state index contributed by atoms with van der Waals surface area (Å²) in [7, 11) is 0. The fraction of sp³-hybridized carbons (Fsp3) is 0.500. The molecule has 0 bridgehead atoms. The van der Waals surface area contributed by atoms with Gasteiger partial charge in [-0.15, -0.1) is 0 Å². The molecule has 1 aromatic rings. The molecule has 1 aromatic carbocycles. The Kier molecular flexibility index (Phi) is 4.92. The lowest BCUT2D eigenvalue weighted by atomic mass is 10.1. The molecule has 3 rings (SSSR count). The van der Waals surface area contributed by atoms with Gasteiger partial charge in [-0.1, -0.05) is 18.9 Å². The Hall–Kier alpha value is -2.57. The number of aryl methyl sites for hydroxylation is 1. The first-order valence-corrected chi connectivity index (χ1v) is 8.54. The second kappa shape index (κ2) is 7.13. The third-order valence-corrected chi connectivity index (χ3v) is 4.60. The molecule has 0 aromatic heterocycles. The number of amides is 2. The predicted octanol–water partition coefficient (Wildman–Crippen LogP) is 1.62. The summed E-state index contributed by atoms with van der Waals surface area (Å²) in [5.74, 6) is -1.42. The molecular formula is C18H22N2O5. The van der Waals surface area contributed by atoms with Gasteiger partial charge in [-0.25, -0.2) is 0 Å². The van der Waals surface area contributed by atoms with Crippen LogP contribution in [-0.2, 0) is 14.4 Å². The van der Waals surface area contributed by atoms with Gasteiger partial charge in [0, 0.05) is 6.04 Å². The highest BCUT2D eigenvalue weighted by molar-refractivity contribution is 6.05. The molecule has 7 nitrogen and oxygen atoms in total. The highest BCUT2D eigenvalue weighted by atomic mass is 16.5. The van der Waals surface area contributed by atoms with Crippen molar-refractivity contribution in [3.8, 4) is 5.75 Å². The minimum atomic E-state index is -1.12. The third kappa shape index (κ3) is 3.92. The lowest BCUT2D eigenvalue weighted by molar-refractivity contribution is -0.142. The number of aliphatic carboxylic acids is 1. The molecule has 0 saturated heterocycles. The Labute approximate surface area is 146 Å². The molecule has 134 valence electrons. The Bertz CT molecular complexity index is 697. The van der Waals surface area contributed by atoms with Crippen LogP contribution in [0, 0.1) is 6.92 Å². The molecule has 0 radical (unpaired) electrons. The fourth-order valence-corrected chi connectivity index (χ4v) is 3.37. The molecule has 0 spiro atoms. The van der Waals surface area contributed by atoms with E-state index in [4.69, 9.17) is 9.84 Å². The SMILES string of the molecule is Cc1ccc2c(c1)OC(CC(=O)O)C(=O)N2CC(=O)NC1CCCC1. The second-order valence-electron chi connectivity index (χ2n) is 6.65. The molecule has 1 heterocycles. The van der Waals surface area contributed by atoms with E-state index < -0.39 is 24.4 Å². The molecule has 1 aliphatic heterocycles. The van der Waals surface area contributed by atoms with Crippen LogP contribution in [-0.4, -0.2) is 41.6 Å². The number of hydrogen-bond acceptors (Lipinski definition) is 4. The quantitative estimate of drug-likeness (QED) is 0.845. The summed E-state index contributed by atoms with van der Waals surface area (Å²) in [6.07, 6.45) is 2.56. The van der Waals surface area contributed by atoms with E-state index in [0.29, 0.717) is 11.4 Å². The Morgan fingerprint density at radius 1 is 1.32 bits per heavy atom. The summed E-state index contributed by atoms with van der Waals surface area (Å²) >= 11 is 0. The highest BCUT2D eigenvalue weighted by Gasteiger charge is 2.37. The molecule has 1 saturated carbocycles. The summed E-state index contributed by atoms with van der Waals surface area (Å²) in [6, 6.07) is 5.46. The molecule has 2 aliphatic rings. The first kappa shape index (κ1) is 17.3. The zero-order valence-electron chi connectivity index (χ0n) is 14.2. The highest BCUT2D eigenvalue weighted by Crippen LogP contribution is 2.35. The predicted molar refractivity (Wildman–Crippen MR) is 90.6 cm³/mol. The van der Waals surface area contributed by atoms with Crippen LogP contribution in [0.5, 0.6) is 5.75 Å². The van der Waals surface area contributed by atoms with Gasteiger partial charge >= 0.3 is 5.97 Å². The minimum Gasteiger partial charge on any atom is -0.481 e. The molecular weight excluding hydrogens is 324 g/mol. The summed E-state index contributed by atoms with van der Waals surface area (Å²) in [4.78, 5) is 37.3. The average Bonchev–Trinajstić information content (AvgIpc) is 3.03. The normalized spacial score (nSPS) is 20.1. The van der Waals surface area contributed by atoms with Crippen LogP contribution in [0.1, 0.15) is 37.7 Å². The van der Waals surface area contributed by atoms with Gasteiger partial charge < -0.3 is 15.2 Å². The van der Waals surface area contributed by atoms with Gasteiger partial charge in [0.2, 0.25) is 5.91 Å². The average molecular weight is 346 g/mol. The number of rotatable bonds is 5. The number of hydrogen-bond donors (Lipinski definition) is 2. The van der Waals surface area contributed by atoms with Gasteiger partial charge in [-0.2, -0.15) is 0 Å². The molecule has 7 heteroatoms. The van der Waals surface area contributed by atoms with E-state index in [9.17, 15) is 14.4 Å². The molecule has 2 amide bonds. The number of anilines is 1. The summed E-state index contributed by atoms with van der Waals surface area (Å²) < 4.78 is 5.58. The van der Waals surface area contributed by atoms with Crippen LogP contribution in [0.3, 0.4) is 0 Å². The van der Waals surface area contributed by atoms with Gasteiger partial charge in [-0.05, 0) is 37.5 Å². The molecule has 1 fully saturated rings. The molecule has 1 aliphatic carbocycles. The Morgan fingerprint density at radius 3 is 2.72 bits per heavy atom. The van der Waals surface area contributed by atoms with Gasteiger partial charge in [0.05, 0.1) is 12.1 Å². The van der Waals surface area contributed by atoms with Gasteiger partial charge in [0.15, 0.2) is 6.10 Å². The maximum atomic E-state index is 12.6. The summed E-state index contributed by atoms with van der Waals surface area (Å²) in [5, 5.41) is 12.0. The lowest BCUT2D eigenvalue weighted by Crippen LogP contribution is -2.51. The monoisotopic (exact) mass is 346 g/mol. The molecule has 1 unspecified atom stereocenters. The number of benzene rings is 1. The maximum Gasteiger partial charge on any atom is 0.307 e. The van der Waals surface area contributed by atoms with E-state index in [1.54, 1.807) is 12.1 Å². The molecule has 25 heavy (non-hydrogen) atoms. The summed E-state index contributed by atoms with van der Waals surface area (Å²) in [5.41, 5.74) is 1.43. The first-order chi connectivity index (χ1) is 11.9. The third-order valence-electron chi connectivity index (χ3n) is 4.60. The van der Waals surface area contributed by atoms with Gasteiger partial charge in [0.1, 0.15) is 12.3 Å². The van der Waals surface area contributed by atoms with E-state index in [0.717, 1.165) is 31.2 Å². The van der Waals surface area contributed by atoms with E-state index in [-0.39, 0.29) is 18.5 Å². The van der Waals surface area contributed by atoms with Crippen LogP contribution in [0.15, 0.2) is 18.2 Å². The minimum absolute atomic E-state index is 0.134. The maximum absolute atomic E-state index is 12.6. The zero-order valence-corrected chi connectivity index (χ0v) is 14.2. The van der Waals surface area contributed by atoms with Crippen molar-refractivity contribution in [2.45, 2.75) is 51.2 Å². The van der Waals surface area contributed by atoms with E-state index in [1.807, 2.05) is 13.0 Å². The van der Waals surface area contributed by atoms with Crippen LogP contribution in [0.4, 0.5) is 5.69 Å². The Morgan fingerprint density at radius 2 is 2.04 bits per heavy atom. The van der Waals surface area contributed by atoms with E-state index in [2.05, 4.69) is 5.32 Å². The van der Waals surface area contributed by atoms with Crippen molar-refractivity contribution in [2.24, 2.45) is 0 Å². The summed E-state index contributed by atoms with van der Waals surface area (Å²) in [6.45, 7) is 1.74. The van der Waals surface area contributed by atoms with Crippen molar-refractivity contribution in [3.05, 3.63) is 23.8 Å². The standard InChI is InChI=1S/C18H22N2O5/c1-11-6-7-13-14(8-11)25-15(9-17(22)23)18(24)20(13)10-16(21)19-12-4-2-3-5-12/h6-8,12,15H,2-5,9-10H2,1H3,(H,19,21)(H,22,23). The van der Waals surface area contributed by atoms with Crippen molar-refractivity contribution < 1.29 is 24.2 Å². The second-order valence-corrected chi connectivity index (χ2v) is 6.65. The number of ether oxygens (including phenoxy) is 1. The van der Waals surface area contributed by atoms with Crippen LogP contribution in [0.25, 0.3) is 0 Å². The van der Waals surface area contributed by atoms with Crippen molar-refractivity contribution in [1.82, 2.24) is 5.32 Å². The van der Waals surface area contributed by atoms with Crippen molar-refractivity contribution in [1.29, 1.82) is 0 Å². The van der Waals surface area contributed by atoms with E-state index in [1.165, 1.54) is 4.90 Å². The number of fused-ring (bicyclic) bond motifs is 1.